The predicted octanol–water partition coefficient (Wildman–Crippen LogP) is 2.30. The molecule has 1 aromatic carbocycles. The van der Waals surface area contributed by atoms with Crippen molar-refractivity contribution < 1.29 is 13.6 Å². The average molecular weight is 270 g/mol. The fourth-order valence-corrected chi connectivity index (χ4v) is 1.60. The van der Waals surface area contributed by atoms with Crippen LogP contribution in [0.2, 0.25) is 0 Å². The molecule has 0 aliphatic heterocycles. The number of carbonyl (C=O) groups excluding carboxylic acids is 1. The Balaban J connectivity index is 2.76. The van der Waals surface area contributed by atoms with Crippen molar-refractivity contribution >= 4 is 5.91 Å². The highest BCUT2D eigenvalue weighted by Gasteiger charge is 2.29. The highest BCUT2D eigenvalue weighted by atomic mass is 19.2. The van der Waals surface area contributed by atoms with E-state index in [2.05, 4.69) is 0 Å². The van der Waals surface area contributed by atoms with E-state index in [4.69, 9.17) is 5.73 Å². The molecule has 0 saturated heterocycles. The monoisotopic (exact) mass is 270 g/mol. The maximum Gasteiger partial charge on any atom is 0.240 e. The number of hydrogen-bond donors (Lipinski definition) is 1. The average Bonchev–Trinajstić information content (AvgIpc) is 2.30. The fraction of sp³-hybridized carbons (Fsp3) is 0.500. The lowest BCUT2D eigenvalue weighted by Crippen LogP contribution is -2.48. The van der Waals surface area contributed by atoms with Crippen LogP contribution in [0.4, 0.5) is 8.78 Å². The summed E-state index contributed by atoms with van der Waals surface area (Å²) in [4.78, 5) is 13.5. The number of likely N-dealkylation sites (N-methyl/N-ethyl adjacent to an activating group) is 1. The molecule has 106 valence electrons. The van der Waals surface area contributed by atoms with Crippen LogP contribution in [0.5, 0.6) is 0 Å². The molecule has 0 aromatic heterocycles. The largest absolute Gasteiger partial charge is 0.340 e. The number of nitrogens with two attached hydrogens (primary N) is 1. The van der Waals surface area contributed by atoms with Crippen LogP contribution in [0.25, 0.3) is 0 Å². The molecule has 1 rings (SSSR count). The van der Waals surface area contributed by atoms with Gasteiger partial charge in [-0.1, -0.05) is 26.8 Å². The molecule has 0 heterocycles. The van der Waals surface area contributed by atoms with Gasteiger partial charge in [0.15, 0.2) is 11.6 Å². The maximum absolute atomic E-state index is 13.1. The summed E-state index contributed by atoms with van der Waals surface area (Å²) in [6.07, 6.45) is 0. The molecule has 1 aromatic rings. The van der Waals surface area contributed by atoms with Gasteiger partial charge >= 0.3 is 0 Å². The summed E-state index contributed by atoms with van der Waals surface area (Å²) in [7, 11) is 1.59. The van der Waals surface area contributed by atoms with Gasteiger partial charge in [0.2, 0.25) is 5.91 Å². The van der Waals surface area contributed by atoms with Crippen LogP contribution < -0.4 is 5.73 Å². The quantitative estimate of drug-likeness (QED) is 0.916. The van der Waals surface area contributed by atoms with Gasteiger partial charge in [-0.2, -0.15) is 0 Å². The van der Waals surface area contributed by atoms with Crippen LogP contribution in [-0.2, 0) is 11.3 Å². The SMILES string of the molecule is CN(Cc1ccc(F)c(F)c1)C(=O)C(N)C(C)(C)C. The highest BCUT2D eigenvalue weighted by Crippen LogP contribution is 2.19. The highest BCUT2D eigenvalue weighted by molar-refractivity contribution is 5.82. The van der Waals surface area contributed by atoms with E-state index in [0.29, 0.717) is 5.56 Å². The Kier molecular flexibility index (Phi) is 4.63. The molecule has 1 unspecified atom stereocenters. The van der Waals surface area contributed by atoms with Crippen molar-refractivity contribution in [3.8, 4) is 0 Å². The van der Waals surface area contributed by atoms with E-state index in [9.17, 15) is 13.6 Å². The molecule has 0 spiro atoms. The van der Waals surface area contributed by atoms with Gasteiger partial charge in [0, 0.05) is 13.6 Å². The van der Waals surface area contributed by atoms with Crippen LogP contribution >= 0.6 is 0 Å². The molecule has 5 heteroatoms. The summed E-state index contributed by atoms with van der Waals surface area (Å²) >= 11 is 0. The first kappa shape index (κ1) is 15.6. The summed E-state index contributed by atoms with van der Waals surface area (Å²) < 4.78 is 25.9. The van der Waals surface area contributed by atoms with Crippen molar-refractivity contribution in [1.29, 1.82) is 0 Å². The number of amides is 1. The molecule has 1 amide bonds. The van der Waals surface area contributed by atoms with Crippen LogP contribution in [0.1, 0.15) is 26.3 Å². The first-order valence-corrected chi connectivity index (χ1v) is 6.07. The molecule has 3 nitrogen and oxygen atoms in total. The Labute approximate surface area is 112 Å². The van der Waals surface area contributed by atoms with E-state index < -0.39 is 17.7 Å². The zero-order valence-corrected chi connectivity index (χ0v) is 11.7. The van der Waals surface area contributed by atoms with Gasteiger partial charge in [0.25, 0.3) is 0 Å². The van der Waals surface area contributed by atoms with Crippen molar-refractivity contribution in [2.45, 2.75) is 33.4 Å². The topological polar surface area (TPSA) is 46.3 Å². The molecule has 2 N–H and O–H groups in total. The smallest absolute Gasteiger partial charge is 0.240 e. The second kappa shape index (κ2) is 5.65. The van der Waals surface area contributed by atoms with E-state index in [-0.39, 0.29) is 17.9 Å². The van der Waals surface area contributed by atoms with E-state index in [0.717, 1.165) is 12.1 Å². The predicted molar refractivity (Wildman–Crippen MR) is 70.3 cm³/mol. The first-order valence-electron chi connectivity index (χ1n) is 6.07. The normalized spacial score (nSPS) is 13.2. The lowest BCUT2D eigenvalue weighted by Gasteiger charge is -2.30. The van der Waals surface area contributed by atoms with E-state index in [1.807, 2.05) is 20.8 Å². The Morgan fingerprint density at radius 3 is 2.37 bits per heavy atom. The van der Waals surface area contributed by atoms with E-state index >= 15 is 0 Å². The third kappa shape index (κ3) is 3.99. The Hall–Kier alpha value is -1.49. The van der Waals surface area contributed by atoms with Gasteiger partial charge in [-0.25, -0.2) is 8.78 Å². The molecule has 0 radical (unpaired) electrons. The van der Waals surface area contributed by atoms with Crippen LogP contribution in [0.15, 0.2) is 18.2 Å². The number of rotatable bonds is 3. The molecule has 19 heavy (non-hydrogen) atoms. The molecular formula is C14H20F2N2O. The van der Waals surface area contributed by atoms with Crippen LogP contribution in [0, 0.1) is 17.0 Å². The van der Waals surface area contributed by atoms with Crippen molar-refractivity contribution in [1.82, 2.24) is 4.90 Å². The molecule has 0 bridgehead atoms. The lowest BCUT2D eigenvalue weighted by atomic mass is 9.86. The van der Waals surface area contributed by atoms with Gasteiger partial charge in [0.05, 0.1) is 6.04 Å². The second-order valence-corrected chi connectivity index (χ2v) is 5.79. The number of halogens is 2. The van der Waals surface area contributed by atoms with Crippen molar-refractivity contribution in [3.05, 3.63) is 35.4 Å². The fourth-order valence-electron chi connectivity index (χ4n) is 1.60. The Bertz CT molecular complexity index is 469. The molecule has 0 aliphatic rings. The third-order valence-corrected chi connectivity index (χ3v) is 2.98. The minimum Gasteiger partial charge on any atom is -0.340 e. The zero-order valence-electron chi connectivity index (χ0n) is 11.7. The third-order valence-electron chi connectivity index (χ3n) is 2.98. The summed E-state index contributed by atoms with van der Waals surface area (Å²) in [5, 5.41) is 0. The van der Waals surface area contributed by atoms with Crippen molar-refractivity contribution in [2.24, 2.45) is 11.1 Å². The van der Waals surface area contributed by atoms with Gasteiger partial charge < -0.3 is 10.6 Å². The first-order chi connectivity index (χ1) is 8.62. The van der Waals surface area contributed by atoms with Gasteiger partial charge in [-0.15, -0.1) is 0 Å². The number of benzene rings is 1. The minimum absolute atomic E-state index is 0.194. The van der Waals surface area contributed by atoms with Gasteiger partial charge in [-0.3, -0.25) is 4.79 Å². The lowest BCUT2D eigenvalue weighted by molar-refractivity contribution is -0.134. The summed E-state index contributed by atoms with van der Waals surface area (Å²) in [6, 6.07) is 2.95. The zero-order chi connectivity index (χ0) is 14.8. The summed E-state index contributed by atoms with van der Waals surface area (Å²) in [5.41, 5.74) is 6.05. The number of carbonyl (C=O) groups is 1. The van der Waals surface area contributed by atoms with E-state index in [1.165, 1.54) is 11.0 Å². The standard InChI is InChI=1S/C14H20F2N2O/c1-14(2,3)12(17)13(19)18(4)8-9-5-6-10(15)11(16)7-9/h5-7,12H,8,17H2,1-4H3. The second-order valence-electron chi connectivity index (χ2n) is 5.79. The molecule has 1 atom stereocenters. The Morgan fingerprint density at radius 2 is 1.89 bits per heavy atom. The minimum atomic E-state index is -0.918. The summed E-state index contributed by atoms with van der Waals surface area (Å²) in [5.74, 6) is -2.04. The molecule has 0 aliphatic carbocycles. The van der Waals surface area contributed by atoms with Crippen LogP contribution in [0.3, 0.4) is 0 Å². The molecular weight excluding hydrogens is 250 g/mol. The number of nitrogens with zero attached hydrogens (tertiary/aromatic N) is 1. The van der Waals surface area contributed by atoms with Gasteiger partial charge in [-0.05, 0) is 23.1 Å². The maximum atomic E-state index is 13.1. The molecule has 0 saturated carbocycles. The van der Waals surface area contributed by atoms with Crippen LogP contribution in [-0.4, -0.2) is 23.9 Å². The van der Waals surface area contributed by atoms with Gasteiger partial charge in [0.1, 0.15) is 0 Å². The number of hydrogen-bond acceptors (Lipinski definition) is 2. The van der Waals surface area contributed by atoms with Crippen molar-refractivity contribution in [3.63, 3.8) is 0 Å². The summed E-state index contributed by atoms with van der Waals surface area (Å²) in [6.45, 7) is 5.82. The molecule has 0 fully saturated rings. The van der Waals surface area contributed by atoms with E-state index in [1.54, 1.807) is 7.05 Å². The van der Waals surface area contributed by atoms with Crippen molar-refractivity contribution in [2.75, 3.05) is 7.05 Å². The Morgan fingerprint density at radius 1 is 1.32 bits per heavy atom.